The highest BCUT2D eigenvalue weighted by Crippen LogP contribution is 2.40. The van der Waals surface area contributed by atoms with Crippen LogP contribution in [-0.2, 0) is 18.6 Å². The summed E-state index contributed by atoms with van der Waals surface area (Å²) >= 11 is 0. The van der Waals surface area contributed by atoms with Gasteiger partial charge in [0.2, 0.25) is 0 Å². The molecule has 5 atom stereocenters. The topological polar surface area (TPSA) is 57.2 Å². The number of benzene rings is 1. The van der Waals surface area contributed by atoms with Crippen LogP contribution in [0.2, 0.25) is 18.1 Å². The summed E-state index contributed by atoms with van der Waals surface area (Å²) in [4.78, 5) is 0. The van der Waals surface area contributed by atoms with Gasteiger partial charge in [-0.25, -0.2) is 0 Å². The number of ether oxygens (including phenoxy) is 3. The molecule has 0 unspecified atom stereocenters. The van der Waals surface area contributed by atoms with E-state index in [1.807, 2.05) is 36.4 Å². The third kappa shape index (κ3) is 5.81. The molecule has 2 aliphatic rings. The monoisotopic (exact) mass is 434 g/mol. The van der Waals surface area contributed by atoms with Gasteiger partial charge in [0.15, 0.2) is 14.6 Å². The fourth-order valence-electron chi connectivity index (χ4n) is 3.77. The standard InChI is InChI=1S/C24H38O5Si/c1-24(2,3)30(4,5)29-21-15-14-20-22(27-19(21)13-9-10-16-25)17-26-23(28-20)18-11-7-6-8-12-18/h6-12,19-23,25H,13-17H2,1-5H3/b10-9+/t19-,20-,21+,22+,23+/m1/s1. The largest absolute Gasteiger partial charge is 0.411 e. The van der Waals surface area contributed by atoms with E-state index < -0.39 is 8.32 Å². The van der Waals surface area contributed by atoms with E-state index in [1.54, 1.807) is 6.08 Å². The molecule has 0 bridgehead atoms. The van der Waals surface area contributed by atoms with Crippen LogP contribution in [0, 0.1) is 0 Å². The van der Waals surface area contributed by atoms with Crippen molar-refractivity contribution in [3.05, 3.63) is 48.0 Å². The third-order valence-electron chi connectivity index (χ3n) is 6.59. The van der Waals surface area contributed by atoms with Crippen molar-refractivity contribution < 1.29 is 23.7 Å². The molecule has 0 radical (unpaired) electrons. The van der Waals surface area contributed by atoms with E-state index in [9.17, 15) is 0 Å². The van der Waals surface area contributed by atoms with Crippen LogP contribution >= 0.6 is 0 Å². The number of rotatable bonds is 6. The summed E-state index contributed by atoms with van der Waals surface area (Å²) in [5.41, 5.74) is 1.04. The number of hydrogen-bond acceptors (Lipinski definition) is 5. The number of fused-ring (bicyclic) bond motifs is 1. The minimum absolute atomic E-state index is 0.0126. The Morgan fingerprint density at radius 2 is 1.80 bits per heavy atom. The van der Waals surface area contributed by atoms with Gasteiger partial charge in [0.05, 0.1) is 31.5 Å². The Kier molecular flexibility index (Phi) is 7.93. The zero-order valence-corrected chi connectivity index (χ0v) is 20.0. The minimum atomic E-state index is -1.94. The fraction of sp³-hybridized carbons (Fsp3) is 0.667. The molecule has 2 aliphatic heterocycles. The molecule has 0 aromatic heterocycles. The molecule has 1 aromatic carbocycles. The first kappa shape index (κ1) is 23.6. The number of aliphatic hydroxyl groups is 1. The molecule has 0 spiro atoms. The first-order chi connectivity index (χ1) is 14.2. The Balaban J connectivity index is 1.74. The van der Waals surface area contributed by atoms with Gasteiger partial charge in [0.1, 0.15) is 6.10 Å². The molecular weight excluding hydrogens is 396 g/mol. The van der Waals surface area contributed by atoms with E-state index >= 15 is 0 Å². The molecular formula is C24H38O5Si. The molecule has 1 N–H and O–H groups in total. The van der Waals surface area contributed by atoms with Crippen LogP contribution in [0.4, 0.5) is 0 Å². The van der Waals surface area contributed by atoms with Gasteiger partial charge in [-0.2, -0.15) is 0 Å². The van der Waals surface area contributed by atoms with E-state index in [0.717, 1.165) is 18.4 Å². The summed E-state index contributed by atoms with van der Waals surface area (Å²) in [6.45, 7) is 11.9. The van der Waals surface area contributed by atoms with Gasteiger partial charge < -0.3 is 23.7 Å². The zero-order valence-electron chi connectivity index (χ0n) is 19.0. The van der Waals surface area contributed by atoms with E-state index in [4.69, 9.17) is 23.7 Å². The molecule has 30 heavy (non-hydrogen) atoms. The lowest BCUT2D eigenvalue weighted by atomic mass is 10.0. The van der Waals surface area contributed by atoms with Crippen molar-refractivity contribution in [2.75, 3.05) is 13.2 Å². The maximum Gasteiger partial charge on any atom is 0.192 e. The van der Waals surface area contributed by atoms with Gasteiger partial charge in [0, 0.05) is 5.56 Å². The first-order valence-corrected chi connectivity index (χ1v) is 14.0. The molecule has 2 heterocycles. The molecule has 0 saturated carbocycles. The van der Waals surface area contributed by atoms with Gasteiger partial charge in [-0.3, -0.25) is 0 Å². The second kappa shape index (κ2) is 10.1. The Hall–Kier alpha value is -1.02. The Morgan fingerprint density at radius 3 is 2.47 bits per heavy atom. The van der Waals surface area contributed by atoms with E-state index in [-0.39, 0.29) is 42.4 Å². The van der Waals surface area contributed by atoms with Crippen molar-refractivity contribution in [2.24, 2.45) is 0 Å². The molecule has 6 heteroatoms. The van der Waals surface area contributed by atoms with Crippen LogP contribution in [0.1, 0.15) is 51.9 Å². The first-order valence-electron chi connectivity index (χ1n) is 11.1. The van der Waals surface area contributed by atoms with Crippen LogP contribution in [0.5, 0.6) is 0 Å². The highest BCUT2D eigenvalue weighted by molar-refractivity contribution is 6.74. The van der Waals surface area contributed by atoms with Crippen molar-refractivity contribution >= 4 is 8.32 Å². The second-order valence-electron chi connectivity index (χ2n) is 9.85. The van der Waals surface area contributed by atoms with Crippen molar-refractivity contribution in [1.29, 1.82) is 0 Å². The summed E-state index contributed by atoms with van der Waals surface area (Å²) in [7, 11) is -1.94. The van der Waals surface area contributed by atoms with E-state index in [2.05, 4.69) is 33.9 Å². The summed E-state index contributed by atoms with van der Waals surface area (Å²) in [6.07, 6.45) is 5.73. The number of aliphatic hydroxyl groups excluding tert-OH is 1. The van der Waals surface area contributed by atoms with Gasteiger partial charge in [-0.05, 0) is 37.4 Å². The summed E-state index contributed by atoms with van der Waals surface area (Å²) in [5, 5.41) is 9.28. The van der Waals surface area contributed by atoms with Crippen LogP contribution < -0.4 is 0 Å². The molecule has 1 aromatic rings. The average Bonchev–Trinajstić information content (AvgIpc) is 2.87. The zero-order chi connectivity index (χ0) is 21.8. The molecule has 0 amide bonds. The maximum absolute atomic E-state index is 9.14. The van der Waals surface area contributed by atoms with E-state index in [0.29, 0.717) is 13.0 Å². The summed E-state index contributed by atoms with van der Waals surface area (Å²) in [5.74, 6) is 0. The van der Waals surface area contributed by atoms with Crippen LogP contribution in [0.3, 0.4) is 0 Å². The predicted octanol–water partition coefficient (Wildman–Crippen LogP) is 4.98. The normalized spacial score (nSPS) is 30.8. The van der Waals surface area contributed by atoms with Crippen molar-refractivity contribution in [1.82, 2.24) is 0 Å². The Bertz CT molecular complexity index is 685. The van der Waals surface area contributed by atoms with E-state index in [1.165, 1.54) is 0 Å². The smallest absolute Gasteiger partial charge is 0.192 e. The summed E-state index contributed by atoms with van der Waals surface area (Å²) < 4.78 is 25.7. The highest BCUT2D eigenvalue weighted by atomic mass is 28.4. The Labute approximate surface area is 182 Å². The fourth-order valence-corrected chi connectivity index (χ4v) is 5.15. The quantitative estimate of drug-likeness (QED) is 0.506. The lowest BCUT2D eigenvalue weighted by Crippen LogP contribution is -2.48. The molecule has 0 aliphatic carbocycles. The predicted molar refractivity (Wildman–Crippen MR) is 121 cm³/mol. The van der Waals surface area contributed by atoms with Crippen molar-refractivity contribution in [3.63, 3.8) is 0 Å². The number of hydrogen-bond donors (Lipinski definition) is 1. The van der Waals surface area contributed by atoms with Crippen LogP contribution in [-0.4, -0.2) is 51.1 Å². The van der Waals surface area contributed by atoms with Crippen LogP contribution in [0.15, 0.2) is 42.5 Å². The maximum atomic E-state index is 9.14. The van der Waals surface area contributed by atoms with Crippen molar-refractivity contribution in [2.45, 2.75) is 88.9 Å². The van der Waals surface area contributed by atoms with Gasteiger partial charge in [0.25, 0.3) is 0 Å². The average molecular weight is 435 g/mol. The van der Waals surface area contributed by atoms with Gasteiger partial charge >= 0.3 is 0 Å². The van der Waals surface area contributed by atoms with Gasteiger partial charge in [-0.15, -0.1) is 0 Å². The van der Waals surface area contributed by atoms with Crippen molar-refractivity contribution in [3.8, 4) is 0 Å². The van der Waals surface area contributed by atoms with Crippen LogP contribution in [0.25, 0.3) is 0 Å². The molecule has 3 rings (SSSR count). The molecule has 2 saturated heterocycles. The third-order valence-corrected chi connectivity index (χ3v) is 11.1. The molecule has 2 fully saturated rings. The molecule has 168 valence electrons. The highest BCUT2D eigenvalue weighted by Gasteiger charge is 2.44. The minimum Gasteiger partial charge on any atom is -0.411 e. The second-order valence-corrected chi connectivity index (χ2v) is 14.6. The Morgan fingerprint density at radius 1 is 1.07 bits per heavy atom. The SMILES string of the molecule is CC(C)(C)[Si](C)(C)O[C@H]1CC[C@H]2O[C@@H](c3ccccc3)OC[C@@H]2O[C@@H]1C/C=C/CO. The van der Waals surface area contributed by atoms with Gasteiger partial charge in [-0.1, -0.05) is 63.3 Å². The molecule has 5 nitrogen and oxygen atoms in total. The summed E-state index contributed by atoms with van der Waals surface area (Å²) in [6, 6.07) is 10.1. The lowest BCUT2D eigenvalue weighted by molar-refractivity contribution is -0.270. The lowest BCUT2D eigenvalue weighted by Gasteiger charge is -2.41.